The first-order valence-electron chi connectivity index (χ1n) is 21.5. The summed E-state index contributed by atoms with van der Waals surface area (Å²) in [6, 6.07) is 0. The van der Waals surface area contributed by atoms with E-state index in [1.54, 1.807) is 0 Å². The largest absolute Gasteiger partial charge is 0.380 e. The van der Waals surface area contributed by atoms with Gasteiger partial charge in [0.1, 0.15) is 0 Å². The van der Waals surface area contributed by atoms with Gasteiger partial charge in [-0.1, -0.05) is 154 Å². The van der Waals surface area contributed by atoms with Crippen LogP contribution in [0, 0.1) is 0 Å². The Kier molecular flexibility index (Phi) is 40.3. The Bertz CT molecular complexity index is 660. The third-order valence-corrected chi connectivity index (χ3v) is 9.42. The van der Waals surface area contributed by atoms with E-state index in [4.69, 9.17) is 9.47 Å². The molecule has 0 spiro atoms. The number of hydrogen-bond donors (Lipinski definition) is 0. The van der Waals surface area contributed by atoms with Crippen molar-refractivity contribution in [1.29, 1.82) is 0 Å². The molecule has 0 aliphatic heterocycles. The van der Waals surface area contributed by atoms with Crippen LogP contribution in [0.4, 0.5) is 0 Å². The number of carbonyl (C=O) groups is 1. The summed E-state index contributed by atoms with van der Waals surface area (Å²) < 4.78 is 11.8. The molecule has 0 radical (unpaired) electrons. The Labute approximate surface area is 307 Å². The second-order valence-electron chi connectivity index (χ2n) is 14.7. The van der Waals surface area contributed by atoms with E-state index in [0.717, 1.165) is 26.1 Å². The van der Waals surface area contributed by atoms with E-state index >= 15 is 0 Å². The Morgan fingerprint density at radius 3 is 1.06 bits per heavy atom. The number of ether oxygens (including phenoxy) is 2. The average molecular weight is 691 g/mol. The lowest BCUT2D eigenvalue weighted by atomic mass is 10.1. The molecule has 5 heteroatoms. The zero-order valence-corrected chi connectivity index (χ0v) is 33.7. The molecule has 0 atom stereocenters. The molecule has 0 unspecified atom stereocenters. The first-order chi connectivity index (χ1) is 24.1. The van der Waals surface area contributed by atoms with Gasteiger partial charge in [-0.25, -0.2) is 0 Å². The van der Waals surface area contributed by atoms with Crippen molar-refractivity contribution >= 4 is 5.91 Å². The van der Waals surface area contributed by atoms with Gasteiger partial charge in [0, 0.05) is 26.3 Å². The van der Waals surface area contributed by atoms with Gasteiger partial charge in [0.2, 0.25) is 5.91 Å². The van der Waals surface area contributed by atoms with Gasteiger partial charge < -0.3 is 19.3 Å². The van der Waals surface area contributed by atoms with Crippen molar-refractivity contribution in [2.45, 2.75) is 194 Å². The van der Waals surface area contributed by atoms with Crippen molar-refractivity contribution in [2.75, 3.05) is 60.2 Å². The van der Waals surface area contributed by atoms with Gasteiger partial charge in [0.25, 0.3) is 0 Å². The van der Waals surface area contributed by atoms with Gasteiger partial charge in [-0.15, -0.1) is 0 Å². The van der Waals surface area contributed by atoms with Crippen molar-refractivity contribution < 1.29 is 14.3 Å². The minimum atomic E-state index is 0.159. The van der Waals surface area contributed by atoms with Crippen molar-refractivity contribution in [3.8, 4) is 0 Å². The summed E-state index contributed by atoms with van der Waals surface area (Å²) >= 11 is 0. The second-order valence-corrected chi connectivity index (χ2v) is 14.7. The third-order valence-electron chi connectivity index (χ3n) is 9.42. The SMILES string of the molecule is CCCCCCCC/C=C\CCCCCCCCOCCN(CCOCCCCCCCC/C=C\CCCCCCCC)C(=O)CN(C)C. The first kappa shape index (κ1) is 47.8. The highest BCUT2D eigenvalue weighted by atomic mass is 16.5. The van der Waals surface area contributed by atoms with E-state index in [0.29, 0.717) is 32.8 Å². The van der Waals surface area contributed by atoms with Crippen LogP contribution in [0.15, 0.2) is 24.3 Å². The van der Waals surface area contributed by atoms with E-state index in [1.165, 1.54) is 167 Å². The summed E-state index contributed by atoms with van der Waals surface area (Å²) in [6.45, 7) is 9.11. The van der Waals surface area contributed by atoms with E-state index in [2.05, 4.69) is 38.2 Å². The summed E-state index contributed by atoms with van der Waals surface area (Å²) in [6.07, 6.45) is 46.5. The first-order valence-corrected chi connectivity index (χ1v) is 21.5. The van der Waals surface area contributed by atoms with Crippen LogP contribution >= 0.6 is 0 Å². The molecule has 0 rings (SSSR count). The van der Waals surface area contributed by atoms with Gasteiger partial charge in [-0.2, -0.15) is 0 Å². The van der Waals surface area contributed by atoms with Crippen molar-refractivity contribution in [3.05, 3.63) is 24.3 Å². The molecule has 0 aromatic heterocycles. The quantitative estimate of drug-likeness (QED) is 0.0474. The number of hydrogen-bond acceptors (Lipinski definition) is 4. The molecular formula is C44H86N2O3. The van der Waals surface area contributed by atoms with Crippen LogP contribution in [0.1, 0.15) is 194 Å². The highest BCUT2D eigenvalue weighted by molar-refractivity contribution is 5.78. The highest BCUT2D eigenvalue weighted by Crippen LogP contribution is 2.12. The van der Waals surface area contributed by atoms with Gasteiger partial charge >= 0.3 is 0 Å². The maximum absolute atomic E-state index is 12.8. The van der Waals surface area contributed by atoms with E-state index in [9.17, 15) is 4.79 Å². The standard InChI is InChI=1S/C44H86N2O3/c1-5-7-9-11-13-15-17-19-21-23-25-27-29-31-33-35-39-48-41-37-46(44(47)43-45(3)4)38-42-49-40-36-34-32-30-28-26-24-22-20-18-16-14-12-10-8-6-2/h19-22H,5-18,23-43H2,1-4H3/b21-19-,22-20-. The van der Waals surface area contributed by atoms with Gasteiger partial charge in [0.05, 0.1) is 19.8 Å². The monoisotopic (exact) mass is 691 g/mol. The molecular weight excluding hydrogens is 604 g/mol. The Hall–Kier alpha value is -1.17. The summed E-state index contributed by atoms with van der Waals surface area (Å²) in [4.78, 5) is 16.6. The van der Waals surface area contributed by atoms with Gasteiger partial charge in [-0.05, 0) is 78.3 Å². The Balaban J connectivity index is 3.69. The van der Waals surface area contributed by atoms with Crippen molar-refractivity contribution in [3.63, 3.8) is 0 Å². The summed E-state index contributed by atoms with van der Waals surface area (Å²) in [5.41, 5.74) is 0. The predicted molar refractivity (Wildman–Crippen MR) is 216 cm³/mol. The molecule has 0 bridgehead atoms. The van der Waals surface area contributed by atoms with Crippen LogP contribution in [0.5, 0.6) is 0 Å². The molecule has 5 nitrogen and oxygen atoms in total. The van der Waals surface area contributed by atoms with Crippen molar-refractivity contribution in [1.82, 2.24) is 9.80 Å². The van der Waals surface area contributed by atoms with Crippen LogP contribution in [-0.2, 0) is 14.3 Å². The van der Waals surface area contributed by atoms with Crippen LogP contribution < -0.4 is 0 Å². The number of amides is 1. The Morgan fingerprint density at radius 2 is 0.735 bits per heavy atom. The van der Waals surface area contributed by atoms with Crippen LogP contribution in [0.3, 0.4) is 0 Å². The maximum Gasteiger partial charge on any atom is 0.236 e. The molecule has 1 amide bonds. The molecule has 0 aromatic carbocycles. The predicted octanol–water partition coefficient (Wildman–Crippen LogP) is 12.5. The lowest BCUT2D eigenvalue weighted by Gasteiger charge is -2.24. The highest BCUT2D eigenvalue weighted by Gasteiger charge is 2.14. The number of nitrogens with zero attached hydrogens (tertiary/aromatic N) is 2. The summed E-state index contributed by atoms with van der Waals surface area (Å²) in [7, 11) is 3.90. The Morgan fingerprint density at radius 1 is 0.429 bits per heavy atom. The van der Waals surface area contributed by atoms with E-state index in [1.807, 2.05) is 23.9 Å². The number of allylic oxidation sites excluding steroid dienone is 4. The van der Waals surface area contributed by atoms with E-state index < -0.39 is 0 Å². The van der Waals surface area contributed by atoms with Gasteiger partial charge in [0.15, 0.2) is 0 Å². The third kappa shape index (κ3) is 39.5. The molecule has 0 N–H and O–H groups in total. The molecule has 290 valence electrons. The lowest BCUT2D eigenvalue weighted by molar-refractivity contribution is -0.133. The summed E-state index contributed by atoms with van der Waals surface area (Å²) in [5, 5.41) is 0. The minimum absolute atomic E-state index is 0.159. The zero-order valence-electron chi connectivity index (χ0n) is 33.7. The van der Waals surface area contributed by atoms with Crippen molar-refractivity contribution in [2.24, 2.45) is 0 Å². The molecule has 0 aliphatic carbocycles. The molecule has 49 heavy (non-hydrogen) atoms. The zero-order chi connectivity index (χ0) is 35.7. The molecule has 0 fully saturated rings. The molecule has 0 heterocycles. The fraction of sp³-hybridized carbons (Fsp3) is 0.886. The number of rotatable bonds is 40. The second kappa shape index (κ2) is 41.3. The average Bonchev–Trinajstić information content (AvgIpc) is 3.09. The van der Waals surface area contributed by atoms with Gasteiger partial charge in [-0.3, -0.25) is 4.79 Å². The fourth-order valence-corrected chi connectivity index (χ4v) is 6.19. The molecule has 0 saturated carbocycles. The minimum Gasteiger partial charge on any atom is -0.380 e. The topological polar surface area (TPSA) is 42.0 Å². The van der Waals surface area contributed by atoms with E-state index in [-0.39, 0.29) is 5.91 Å². The molecule has 0 saturated heterocycles. The summed E-state index contributed by atoms with van der Waals surface area (Å²) in [5.74, 6) is 0.159. The number of carbonyl (C=O) groups excluding carboxylic acids is 1. The lowest BCUT2D eigenvalue weighted by Crippen LogP contribution is -2.41. The smallest absolute Gasteiger partial charge is 0.236 e. The number of unbranched alkanes of at least 4 members (excludes halogenated alkanes) is 24. The van der Waals surface area contributed by atoms with Crippen LogP contribution in [-0.4, -0.2) is 75.9 Å². The number of likely N-dealkylation sites (N-methyl/N-ethyl adjacent to an activating group) is 1. The normalized spacial score (nSPS) is 11.9. The van der Waals surface area contributed by atoms with Crippen LogP contribution in [0.2, 0.25) is 0 Å². The fourth-order valence-electron chi connectivity index (χ4n) is 6.19. The molecule has 0 aliphatic rings. The molecule has 0 aromatic rings. The maximum atomic E-state index is 12.8. The van der Waals surface area contributed by atoms with Crippen LogP contribution in [0.25, 0.3) is 0 Å².